The standard InChI is InChI=1S/C18H12ClN3O5/c1-10(23)14-9-11-8-12(22(26)27)6-7-16(11)21(18(14)25)20-17(24)13-4-2-3-5-15(13)19/h2-9H,1H3,(H,20,24). The molecule has 1 amide bonds. The Morgan fingerprint density at radius 2 is 1.81 bits per heavy atom. The number of non-ortho nitro benzene ring substituents is 1. The van der Waals surface area contributed by atoms with E-state index in [2.05, 4.69) is 5.43 Å². The molecule has 0 atom stereocenters. The number of nitrogens with zero attached hydrogens (tertiary/aromatic N) is 2. The summed E-state index contributed by atoms with van der Waals surface area (Å²) in [5, 5.41) is 11.4. The van der Waals surface area contributed by atoms with Crippen LogP contribution in [-0.2, 0) is 0 Å². The summed E-state index contributed by atoms with van der Waals surface area (Å²) in [4.78, 5) is 47.4. The van der Waals surface area contributed by atoms with Crippen LogP contribution in [-0.4, -0.2) is 21.3 Å². The molecule has 0 spiro atoms. The third-order valence-electron chi connectivity index (χ3n) is 3.91. The van der Waals surface area contributed by atoms with Gasteiger partial charge in [0.05, 0.1) is 26.6 Å². The van der Waals surface area contributed by atoms with E-state index in [-0.39, 0.29) is 32.7 Å². The number of rotatable bonds is 4. The highest BCUT2D eigenvalue weighted by atomic mass is 35.5. The highest BCUT2D eigenvalue weighted by Gasteiger charge is 2.18. The first kappa shape index (κ1) is 18.3. The van der Waals surface area contributed by atoms with E-state index in [1.807, 2.05) is 0 Å². The summed E-state index contributed by atoms with van der Waals surface area (Å²) in [6.07, 6.45) is 0. The van der Waals surface area contributed by atoms with Gasteiger partial charge in [0.15, 0.2) is 5.78 Å². The van der Waals surface area contributed by atoms with Crippen molar-refractivity contribution in [2.75, 3.05) is 5.43 Å². The lowest BCUT2D eigenvalue weighted by molar-refractivity contribution is -0.384. The summed E-state index contributed by atoms with van der Waals surface area (Å²) in [7, 11) is 0. The number of pyridine rings is 1. The monoisotopic (exact) mass is 385 g/mol. The van der Waals surface area contributed by atoms with Crippen molar-refractivity contribution in [3.63, 3.8) is 0 Å². The number of carbonyl (C=O) groups excluding carboxylic acids is 2. The second kappa shape index (κ2) is 7.00. The van der Waals surface area contributed by atoms with Gasteiger partial charge in [-0.25, -0.2) is 4.68 Å². The van der Waals surface area contributed by atoms with Crippen LogP contribution in [0.25, 0.3) is 10.9 Å². The van der Waals surface area contributed by atoms with Gasteiger partial charge in [-0.1, -0.05) is 23.7 Å². The zero-order valence-corrected chi connectivity index (χ0v) is 14.7. The van der Waals surface area contributed by atoms with Crippen molar-refractivity contribution in [3.05, 3.63) is 85.1 Å². The third kappa shape index (κ3) is 3.42. The summed E-state index contributed by atoms with van der Waals surface area (Å²) in [6.45, 7) is 1.19. The molecule has 0 saturated carbocycles. The van der Waals surface area contributed by atoms with Gasteiger partial charge in [0.1, 0.15) is 0 Å². The van der Waals surface area contributed by atoms with Crippen LogP contribution < -0.4 is 11.0 Å². The fraction of sp³-hybridized carbons (Fsp3) is 0.0556. The van der Waals surface area contributed by atoms with Crippen LogP contribution >= 0.6 is 11.6 Å². The molecule has 0 bridgehead atoms. The van der Waals surface area contributed by atoms with Gasteiger partial charge in [-0.3, -0.25) is 29.9 Å². The Morgan fingerprint density at radius 1 is 1.11 bits per heavy atom. The molecule has 0 aliphatic heterocycles. The topological polar surface area (TPSA) is 111 Å². The molecule has 8 nitrogen and oxygen atoms in total. The predicted octanol–water partition coefficient (Wildman–Crippen LogP) is 3.15. The normalized spacial score (nSPS) is 10.6. The lowest BCUT2D eigenvalue weighted by Crippen LogP contribution is -2.36. The number of amides is 1. The van der Waals surface area contributed by atoms with Gasteiger partial charge in [0, 0.05) is 17.5 Å². The van der Waals surface area contributed by atoms with Crippen LogP contribution in [0.2, 0.25) is 5.02 Å². The fourth-order valence-corrected chi connectivity index (χ4v) is 2.81. The van der Waals surface area contributed by atoms with Crippen molar-refractivity contribution in [1.82, 2.24) is 4.68 Å². The number of ketones is 1. The number of benzene rings is 2. The number of carbonyl (C=O) groups is 2. The van der Waals surface area contributed by atoms with Crippen molar-refractivity contribution in [2.24, 2.45) is 0 Å². The molecule has 0 aliphatic rings. The summed E-state index contributed by atoms with van der Waals surface area (Å²) in [6, 6.07) is 11.3. The molecule has 3 rings (SSSR count). The van der Waals surface area contributed by atoms with E-state index in [0.717, 1.165) is 4.68 Å². The van der Waals surface area contributed by atoms with Gasteiger partial charge in [0.25, 0.3) is 17.2 Å². The Morgan fingerprint density at radius 3 is 2.44 bits per heavy atom. The summed E-state index contributed by atoms with van der Waals surface area (Å²) >= 11 is 6.00. The fourth-order valence-electron chi connectivity index (χ4n) is 2.59. The number of aromatic nitrogens is 1. The molecule has 9 heteroatoms. The minimum Gasteiger partial charge on any atom is -0.294 e. The Hall–Kier alpha value is -3.52. The smallest absolute Gasteiger partial charge is 0.280 e. The number of hydrogen-bond acceptors (Lipinski definition) is 5. The maximum atomic E-state index is 12.7. The number of halogens is 1. The number of hydrogen-bond donors (Lipinski definition) is 1. The molecular formula is C18H12ClN3O5. The van der Waals surface area contributed by atoms with Gasteiger partial charge >= 0.3 is 0 Å². The molecule has 0 fully saturated rings. The van der Waals surface area contributed by atoms with Gasteiger partial charge in [0.2, 0.25) is 0 Å². The highest BCUT2D eigenvalue weighted by molar-refractivity contribution is 6.34. The Bertz CT molecular complexity index is 1170. The van der Waals surface area contributed by atoms with E-state index in [4.69, 9.17) is 11.6 Å². The van der Waals surface area contributed by atoms with E-state index >= 15 is 0 Å². The summed E-state index contributed by atoms with van der Waals surface area (Å²) in [5.74, 6) is -1.20. The second-order valence-corrected chi connectivity index (χ2v) is 6.08. The van der Waals surface area contributed by atoms with Crippen LogP contribution in [0.4, 0.5) is 5.69 Å². The maximum Gasteiger partial charge on any atom is 0.280 e. The highest BCUT2D eigenvalue weighted by Crippen LogP contribution is 2.21. The van der Waals surface area contributed by atoms with E-state index in [0.29, 0.717) is 0 Å². The molecule has 27 heavy (non-hydrogen) atoms. The average molecular weight is 386 g/mol. The zero-order valence-electron chi connectivity index (χ0n) is 13.9. The van der Waals surface area contributed by atoms with Crippen LogP contribution in [0.15, 0.2) is 53.3 Å². The van der Waals surface area contributed by atoms with Crippen molar-refractivity contribution in [3.8, 4) is 0 Å². The van der Waals surface area contributed by atoms with Crippen LogP contribution in [0, 0.1) is 10.1 Å². The Kier molecular flexibility index (Phi) is 4.74. The number of fused-ring (bicyclic) bond motifs is 1. The number of nitro benzene ring substituents is 1. The minimum atomic E-state index is -0.746. The number of Topliss-reactive ketones (excluding diaryl/α,β-unsaturated/α-hetero) is 1. The second-order valence-electron chi connectivity index (χ2n) is 5.68. The Labute approximate surface area is 157 Å². The lowest BCUT2D eigenvalue weighted by atomic mass is 10.1. The summed E-state index contributed by atoms with van der Waals surface area (Å²) in [5.41, 5.74) is 1.59. The molecule has 0 saturated heterocycles. The van der Waals surface area contributed by atoms with Gasteiger partial charge in [-0.15, -0.1) is 0 Å². The van der Waals surface area contributed by atoms with Crippen molar-refractivity contribution in [1.29, 1.82) is 0 Å². The third-order valence-corrected chi connectivity index (χ3v) is 4.24. The molecule has 0 radical (unpaired) electrons. The molecule has 1 heterocycles. The SMILES string of the molecule is CC(=O)c1cc2cc([N+](=O)[O-])ccc2n(NC(=O)c2ccccc2Cl)c1=O. The van der Waals surface area contributed by atoms with Crippen molar-refractivity contribution in [2.45, 2.75) is 6.92 Å². The molecule has 1 aromatic heterocycles. The van der Waals surface area contributed by atoms with Crippen molar-refractivity contribution < 1.29 is 14.5 Å². The first-order valence-electron chi connectivity index (χ1n) is 7.70. The molecule has 3 aromatic rings. The zero-order chi connectivity index (χ0) is 19.7. The minimum absolute atomic E-state index is 0.134. The van der Waals surface area contributed by atoms with Crippen molar-refractivity contribution >= 4 is 39.9 Å². The van der Waals surface area contributed by atoms with Crippen LogP contribution in [0.3, 0.4) is 0 Å². The average Bonchev–Trinajstić information content (AvgIpc) is 2.63. The summed E-state index contributed by atoms with van der Waals surface area (Å²) < 4.78 is 0.890. The van der Waals surface area contributed by atoms with E-state index < -0.39 is 22.2 Å². The van der Waals surface area contributed by atoms with E-state index in [1.54, 1.807) is 12.1 Å². The number of nitro groups is 1. The van der Waals surface area contributed by atoms with E-state index in [1.165, 1.54) is 43.3 Å². The molecule has 136 valence electrons. The van der Waals surface area contributed by atoms with Gasteiger partial charge in [-0.2, -0.15) is 0 Å². The van der Waals surface area contributed by atoms with Gasteiger partial charge < -0.3 is 0 Å². The van der Waals surface area contributed by atoms with E-state index in [9.17, 15) is 24.5 Å². The number of nitrogens with one attached hydrogen (secondary N) is 1. The molecule has 0 aliphatic carbocycles. The molecule has 2 aromatic carbocycles. The molecular weight excluding hydrogens is 374 g/mol. The Balaban J connectivity index is 2.21. The molecule has 0 unspecified atom stereocenters. The lowest BCUT2D eigenvalue weighted by Gasteiger charge is -2.13. The van der Waals surface area contributed by atoms with Crippen LogP contribution in [0.1, 0.15) is 27.6 Å². The largest absolute Gasteiger partial charge is 0.294 e. The maximum absolute atomic E-state index is 12.7. The van der Waals surface area contributed by atoms with Gasteiger partial charge in [-0.05, 0) is 31.2 Å². The predicted molar refractivity (Wildman–Crippen MR) is 100 cm³/mol. The first-order valence-corrected chi connectivity index (χ1v) is 8.08. The molecule has 1 N–H and O–H groups in total. The quantitative estimate of drug-likeness (QED) is 0.421. The first-order chi connectivity index (χ1) is 12.8. The van der Waals surface area contributed by atoms with Crippen LogP contribution in [0.5, 0.6) is 0 Å².